The predicted molar refractivity (Wildman–Crippen MR) is 109 cm³/mol. The van der Waals surface area contributed by atoms with Crippen LogP contribution >= 0.6 is 0 Å². The van der Waals surface area contributed by atoms with Crippen molar-refractivity contribution in [1.29, 1.82) is 0 Å². The molecule has 1 aliphatic heterocycles. The lowest BCUT2D eigenvalue weighted by Crippen LogP contribution is -2.51. The van der Waals surface area contributed by atoms with Crippen LogP contribution in [0, 0.1) is 6.92 Å². The van der Waals surface area contributed by atoms with Crippen molar-refractivity contribution in [1.82, 2.24) is 9.21 Å². The van der Waals surface area contributed by atoms with Crippen molar-refractivity contribution in [3.8, 4) is 0 Å². The van der Waals surface area contributed by atoms with Crippen LogP contribution in [0.25, 0.3) is 0 Å². The number of hydrogen-bond donors (Lipinski definition) is 0. The summed E-state index contributed by atoms with van der Waals surface area (Å²) in [4.78, 5) is 25.9. The summed E-state index contributed by atoms with van der Waals surface area (Å²) in [5.74, 6) is -0.937. The average molecular weight is 416 g/mol. The second-order valence-corrected chi connectivity index (χ2v) is 8.94. The number of aryl methyl sites for hydroxylation is 1. The standard InChI is InChI=1S/C21H24N2O5S/c1-17-6-5-9-19(14-17)21(25)28-15-20(24)22-10-12-23(13-11-22)29(26,27)16-18-7-3-2-4-8-18/h2-9,14H,10-13,15-16H2,1H3. The first-order chi connectivity index (χ1) is 13.8. The van der Waals surface area contributed by atoms with Crippen LogP contribution in [-0.4, -0.2) is 62.3 Å². The minimum Gasteiger partial charge on any atom is -0.452 e. The van der Waals surface area contributed by atoms with Gasteiger partial charge >= 0.3 is 5.97 Å². The third-order valence-electron chi connectivity index (χ3n) is 4.76. The van der Waals surface area contributed by atoms with Crippen LogP contribution in [0.2, 0.25) is 0 Å². The van der Waals surface area contributed by atoms with E-state index in [4.69, 9.17) is 4.74 Å². The number of rotatable bonds is 6. The molecule has 0 saturated carbocycles. The first kappa shape index (κ1) is 21.0. The Morgan fingerprint density at radius 2 is 1.66 bits per heavy atom. The van der Waals surface area contributed by atoms with Gasteiger partial charge in [0, 0.05) is 26.2 Å². The van der Waals surface area contributed by atoms with Gasteiger partial charge in [0.1, 0.15) is 0 Å². The van der Waals surface area contributed by atoms with Gasteiger partial charge in [0.05, 0.1) is 11.3 Å². The Balaban J connectivity index is 1.48. The number of benzene rings is 2. The van der Waals surface area contributed by atoms with E-state index in [0.29, 0.717) is 5.56 Å². The monoisotopic (exact) mass is 416 g/mol. The Morgan fingerprint density at radius 1 is 0.966 bits per heavy atom. The molecule has 0 aliphatic carbocycles. The molecule has 0 bridgehead atoms. The van der Waals surface area contributed by atoms with E-state index in [1.807, 2.05) is 19.1 Å². The first-order valence-corrected chi connectivity index (χ1v) is 11.0. The van der Waals surface area contributed by atoms with E-state index >= 15 is 0 Å². The molecule has 0 spiro atoms. The molecule has 1 amide bonds. The van der Waals surface area contributed by atoms with Crippen molar-refractivity contribution >= 4 is 21.9 Å². The zero-order chi connectivity index (χ0) is 20.9. The van der Waals surface area contributed by atoms with Crippen molar-refractivity contribution in [3.05, 3.63) is 71.3 Å². The number of sulfonamides is 1. The van der Waals surface area contributed by atoms with E-state index < -0.39 is 16.0 Å². The van der Waals surface area contributed by atoms with E-state index in [-0.39, 0.29) is 44.4 Å². The Bertz CT molecular complexity index is 968. The van der Waals surface area contributed by atoms with Gasteiger partial charge in [-0.1, -0.05) is 48.0 Å². The largest absolute Gasteiger partial charge is 0.452 e. The Labute approximate surface area is 170 Å². The Kier molecular flexibility index (Phi) is 6.66. The lowest BCUT2D eigenvalue weighted by atomic mass is 10.1. The van der Waals surface area contributed by atoms with E-state index in [1.54, 1.807) is 42.5 Å². The lowest BCUT2D eigenvalue weighted by molar-refractivity contribution is -0.135. The van der Waals surface area contributed by atoms with Gasteiger partial charge in [-0.25, -0.2) is 13.2 Å². The fourth-order valence-electron chi connectivity index (χ4n) is 3.17. The van der Waals surface area contributed by atoms with Crippen LogP contribution in [0.1, 0.15) is 21.5 Å². The number of esters is 1. The molecule has 0 atom stereocenters. The second kappa shape index (κ2) is 9.19. The van der Waals surface area contributed by atoms with Crippen molar-refractivity contribution < 1.29 is 22.7 Å². The molecule has 0 unspecified atom stereocenters. The quantitative estimate of drug-likeness (QED) is 0.671. The number of carbonyl (C=O) groups is 2. The highest BCUT2D eigenvalue weighted by Gasteiger charge is 2.29. The molecule has 1 aliphatic rings. The minimum absolute atomic E-state index is 0.0596. The minimum atomic E-state index is -3.44. The number of carbonyl (C=O) groups excluding carboxylic acids is 2. The van der Waals surface area contributed by atoms with Gasteiger partial charge in [0.25, 0.3) is 5.91 Å². The highest BCUT2D eigenvalue weighted by Crippen LogP contribution is 2.14. The third-order valence-corrected chi connectivity index (χ3v) is 6.61. The number of nitrogens with zero attached hydrogens (tertiary/aromatic N) is 2. The lowest BCUT2D eigenvalue weighted by Gasteiger charge is -2.33. The van der Waals surface area contributed by atoms with Gasteiger partial charge in [-0.05, 0) is 24.6 Å². The van der Waals surface area contributed by atoms with E-state index in [1.165, 1.54) is 9.21 Å². The van der Waals surface area contributed by atoms with Crippen LogP contribution in [-0.2, 0) is 25.3 Å². The normalized spacial score (nSPS) is 15.1. The molecule has 1 heterocycles. The van der Waals surface area contributed by atoms with Crippen LogP contribution in [0.4, 0.5) is 0 Å². The molecule has 2 aromatic carbocycles. The maximum atomic E-state index is 12.6. The summed E-state index contributed by atoms with van der Waals surface area (Å²) in [6.07, 6.45) is 0. The van der Waals surface area contributed by atoms with Gasteiger partial charge < -0.3 is 9.64 Å². The van der Waals surface area contributed by atoms with Crippen molar-refractivity contribution in [3.63, 3.8) is 0 Å². The van der Waals surface area contributed by atoms with Crippen LogP contribution < -0.4 is 0 Å². The van der Waals surface area contributed by atoms with Gasteiger partial charge in [0.15, 0.2) is 6.61 Å². The van der Waals surface area contributed by atoms with Gasteiger partial charge in [-0.2, -0.15) is 4.31 Å². The molecule has 7 nitrogen and oxygen atoms in total. The molecule has 0 N–H and O–H groups in total. The Morgan fingerprint density at radius 3 is 2.31 bits per heavy atom. The average Bonchev–Trinajstić information content (AvgIpc) is 2.72. The molecular weight excluding hydrogens is 392 g/mol. The molecule has 1 fully saturated rings. The van der Waals surface area contributed by atoms with Crippen LogP contribution in [0.15, 0.2) is 54.6 Å². The summed E-state index contributed by atoms with van der Waals surface area (Å²) in [6, 6.07) is 16.0. The highest BCUT2D eigenvalue weighted by atomic mass is 32.2. The van der Waals surface area contributed by atoms with Gasteiger partial charge in [0.2, 0.25) is 10.0 Å². The number of ether oxygens (including phenoxy) is 1. The zero-order valence-electron chi connectivity index (χ0n) is 16.3. The second-order valence-electron chi connectivity index (χ2n) is 6.97. The van der Waals surface area contributed by atoms with Crippen molar-refractivity contribution in [2.75, 3.05) is 32.8 Å². The molecule has 8 heteroatoms. The summed E-state index contributed by atoms with van der Waals surface area (Å²) < 4.78 is 31.7. The summed E-state index contributed by atoms with van der Waals surface area (Å²) >= 11 is 0. The first-order valence-electron chi connectivity index (χ1n) is 9.38. The van der Waals surface area contributed by atoms with E-state index in [0.717, 1.165) is 11.1 Å². The summed E-state index contributed by atoms with van der Waals surface area (Å²) in [7, 11) is -3.44. The highest BCUT2D eigenvalue weighted by molar-refractivity contribution is 7.88. The van der Waals surface area contributed by atoms with Crippen molar-refractivity contribution in [2.45, 2.75) is 12.7 Å². The zero-order valence-corrected chi connectivity index (χ0v) is 17.1. The molecular formula is C21H24N2O5S. The van der Waals surface area contributed by atoms with E-state index in [9.17, 15) is 18.0 Å². The molecule has 2 aromatic rings. The van der Waals surface area contributed by atoms with Gasteiger partial charge in [-0.15, -0.1) is 0 Å². The number of hydrogen-bond acceptors (Lipinski definition) is 5. The van der Waals surface area contributed by atoms with E-state index in [2.05, 4.69) is 0 Å². The maximum Gasteiger partial charge on any atom is 0.338 e. The predicted octanol–water partition coefficient (Wildman–Crippen LogP) is 1.83. The third kappa shape index (κ3) is 5.65. The fraction of sp³-hybridized carbons (Fsp3) is 0.333. The molecule has 154 valence electrons. The molecule has 0 aromatic heterocycles. The Hall–Kier alpha value is -2.71. The fourth-order valence-corrected chi connectivity index (χ4v) is 4.68. The summed E-state index contributed by atoms with van der Waals surface area (Å²) in [6.45, 7) is 2.51. The van der Waals surface area contributed by atoms with Gasteiger partial charge in [-0.3, -0.25) is 4.79 Å². The molecule has 0 radical (unpaired) electrons. The summed E-state index contributed by atoms with van der Waals surface area (Å²) in [5.41, 5.74) is 2.06. The smallest absolute Gasteiger partial charge is 0.338 e. The van der Waals surface area contributed by atoms with Crippen molar-refractivity contribution in [2.24, 2.45) is 0 Å². The molecule has 3 rings (SSSR count). The molecule has 29 heavy (non-hydrogen) atoms. The molecule has 1 saturated heterocycles. The number of piperazine rings is 1. The van der Waals surface area contributed by atoms with Crippen LogP contribution in [0.5, 0.6) is 0 Å². The number of amides is 1. The summed E-state index contributed by atoms with van der Waals surface area (Å²) in [5, 5.41) is 0. The van der Waals surface area contributed by atoms with Crippen LogP contribution in [0.3, 0.4) is 0 Å². The topological polar surface area (TPSA) is 84.0 Å². The SMILES string of the molecule is Cc1cccc(C(=O)OCC(=O)N2CCN(S(=O)(=O)Cc3ccccc3)CC2)c1. The maximum absolute atomic E-state index is 12.6.